The number of rotatable bonds is 3. The SMILES string of the molecule is Cn1ccc(C#CCCCCN)n1. The molecule has 0 saturated carbocycles. The number of aromatic nitrogens is 2. The van der Waals surface area contributed by atoms with Gasteiger partial charge in [-0.15, -0.1) is 0 Å². The van der Waals surface area contributed by atoms with Crippen molar-refractivity contribution in [3.8, 4) is 11.8 Å². The fourth-order valence-corrected chi connectivity index (χ4v) is 0.993. The van der Waals surface area contributed by atoms with E-state index in [0.29, 0.717) is 0 Å². The molecule has 1 aromatic heterocycles. The van der Waals surface area contributed by atoms with Crippen molar-refractivity contribution in [3.63, 3.8) is 0 Å². The molecular weight excluding hydrogens is 162 g/mol. The number of hydrogen-bond acceptors (Lipinski definition) is 2. The van der Waals surface area contributed by atoms with Crippen molar-refractivity contribution >= 4 is 0 Å². The van der Waals surface area contributed by atoms with Gasteiger partial charge in [0.05, 0.1) is 0 Å². The highest BCUT2D eigenvalue weighted by molar-refractivity contribution is 5.25. The Morgan fingerprint density at radius 2 is 2.38 bits per heavy atom. The van der Waals surface area contributed by atoms with E-state index in [-0.39, 0.29) is 0 Å². The summed E-state index contributed by atoms with van der Waals surface area (Å²) in [5, 5.41) is 4.15. The van der Waals surface area contributed by atoms with Crippen LogP contribution >= 0.6 is 0 Å². The summed E-state index contributed by atoms with van der Waals surface area (Å²) in [4.78, 5) is 0. The first-order valence-corrected chi connectivity index (χ1v) is 4.51. The topological polar surface area (TPSA) is 43.8 Å². The monoisotopic (exact) mass is 177 g/mol. The maximum atomic E-state index is 5.36. The maximum Gasteiger partial charge on any atom is 0.135 e. The number of aryl methyl sites for hydroxylation is 1. The van der Waals surface area contributed by atoms with Crippen molar-refractivity contribution in [2.75, 3.05) is 6.54 Å². The zero-order valence-corrected chi connectivity index (χ0v) is 7.95. The highest BCUT2D eigenvalue weighted by Gasteiger charge is 1.88. The first-order valence-electron chi connectivity index (χ1n) is 4.51. The summed E-state index contributed by atoms with van der Waals surface area (Å²) < 4.78 is 1.75. The Hall–Kier alpha value is -1.27. The van der Waals surface area contributed by atoms with Crippen molar-refractivity contribution in [1.82, 2.24) is 9.78 Å². The van der Waals surface area contributed by atoms with Crippen LogP contribution in [0.4, 0.5) is 0 Å². The summed E-state index contributed by atoms with van der Waals surface area (Å²) in [5.74, 6) is 6.07. The van der Waals surface area contributed by atoms with Crippen molar-refractivity contribution in [3.05, 3.63) is 18.0 Å². The lowest BCUT2D eigenvalue weighted by Crippen LogP contribution is -1.96. The molecule has 0 aliphatic rings. The smallest absolute Gasteiger partial charge is 0.135 e. The van der Waals surface area contributed by atoms with Crippen molar-refractivity contribution in [2.24, 2.45) is 12.8 Å². The molecule has 1 rings (SSSR count). The van der Waals surface area contributed by atoms with E-state index in [1.54, 1.807) is 4.68 Å². The molecule has 0 saturated heterocycles. The molecule has 0 unspecified atom stereocenters. The fourth-order valence-electron chi connectivity index (χ4n) is 0.993. The molecular formula is C10H15N3. The van der Waals surface area contributed by atoms with Crippen molar-refractivity contribution in [1.29, 1.82) is 0 Å². The lowest BCUT2D eigenvalue weighted by atomic mass is 10.2. The van der Waals surface area contributed by atoms with E-state index in [1.807, 2.05) is 19.3 Å². The molecule has 3 heteroatoms. The van der Waals surface area contributed by atoms with Gasteiger partial charge in [-0.1, -0.05) is 5.92 Å². The molecule has 0 aliphatic carbocycles. The van der Waals surface area contributed by atoms with Gasteiger partial charge in [-0.2, -0.15) is 5.10 Å². The van der Waals surface area contributed by atoms with Crippen LogP contribution < -0.4 is 5.73 Å². The molecule has 0 atom stereocenters. The van der Waals surface area contributed by atoms with Gasteiger partial charge in [-0.3, -0.25) is 4.68 Å². The average Bonchev–Trinajstić information content (AvgIpc) is 2.51. The number of nitrogens with zero attached hydrogens (tertiary/aromatic N) is 2. The molecule has 0 bridgehead atoms. The largest absolute Gasteiger partial charge is 0.330 e. The van der Waals surface area contributed by atoms with Gasteiger partial charge in [0, 0.05) is 19.7 Å². The molecule has 13 heavy (non-hydrogen) atoms. The van der Waals surface area contributed by atoms with E-state index in [0.717, 1.165) is 31.5 Å². The summed E-state index contributed by atoms with van der Waals surface area (Å²) in [5.41, 5.74) is 6.20. The quantitative estimate of drug-likeness (QED) is 0.550. The molecule has 0 fully saturated rings. The minimum atomic E-state index is 0.755. The minimum Gasteiger partial charge on any atom is -0.330 e. The van der Waals surface area contributed by atoms with Gasteiger partial charge in [0.1, 0.15) is 5.69 Å². The molecule has 1 heterocycles. The summed E-state index contributed by atoms with van der Waals surface area (Å²) in [6.07, 6.45) is 4.94. The second-order valence-corrected chi connectivity index (χ2v) is 2.92. The van der Waals surface area contributed by atoms with Crippen LogP contribution in [0.25, 0.3) is 0 Å². The Bertz CT molecular complexity index is 303. The Morgan fingerprint density at radius 1 is 1.54 bits per heavy atom. The molecule has 70 valence electrons. The third-order valence-corrected chi connectivity index (χ3v) is 1.69. The lowest BCUT2D eigenvalue weighted by Gasteiger charge is -1.88. The Labute approximate surface area is 78.9 Å². The second-order valence-electron chi connectivity index (χ2n) is 2.92. The van der Waals surface area contributed by atoms with Crippen LogP contribution in [0.15, 0.2) is 12.3 Å². The molecule has 1 aromatic rings. The molecule has 0 aromatic carbocycles. The number of unbranched alkanes of at least 4 members (excludes halogenated alkanes) is 2. The van der Waals surface area contributed by atoms with E-state index >= 15 is 0 Å². The predicted octanol–water partition coefficient (Wildman–Crippen LogP) is 0.901. The van der Waals surface area contributed by atoms with Crippen molar-refractivity contribution < 1.29 is 0 Å². The standard InChI is InChI=1S/C10H15N3/c1-13-9-7-10(12-13)6-4-2-3-5-8-11/h7,9H,2-3,5,8,11H2,1H3. The summed E-state index contributed by atoms with van der Waals surface area (Å²) >= 11 is 0. The van der Waals surface area contributed by atoms with Crippen molar-refractivity contribution in [2.45, 2.75) is 19.3 Å². The molecule has 0 amide bonds. The van der Waals surface area contributed by atoms with Crippen LogP contribution in [0, 0.1) is 11.8 Å². The molecule has 2 N–H and O–H groups in total. The zero-order chi connectivity index (χ0) is 9.52. The van der Waals surface area contributed by atoms with Gasteiger partial charge in [-0.25, -0.2) is 0 Å². The van der Waals surface area contributed by atoms with Crippen LogP contribution in [0.3, 0.4) is 0 Å². The maximum absolute atomic E-state index is 5.36. The van der Waals surface area contributed by atoms with Crippen LogP contribution in [0.1, 0.15) is 25.0 Å². The van der Waals surface area contributed by atoms with E-state index in [9.17, 15) is 0 Å². The summed E-state index contributed by atoms with van der Waals surface area (Å²) in [6, 6.07) is 1.91. The lowest BCUT2D eigenvalue weighted by molar-refractivity contribution is 0.761. The van der Waals surface area contributed by atoms with E-state index in [2.05, 4.69) is 16.9 Å². The zero-order valence-electron chi connectivity index (χ0n) is 7.95. The third kappa shape index (κ3) is 3.77. The summed E-state index contributed by atoms with van der Waals surface area (Å²) in [6.45, 7) is 0.755. The van der Waals surface area contributed by atoms with Crippen LogP contribution in [0.5, 0.6) is 0 Å². The number of nitrogens with two attached hydrogens (primary N) is 1. The van der Waals surface area contributed by atoms with Gasteiger partial charge < -0.3 is 5.73 Å². The fraction of sp³-hybridized carbons (Fsp3) is 0.500. The average molecular weight is 177 g/mol. The Kier molecular flexibility index (Phi) is 4.07. The van der Waals surface area contributed by atoms with Crippen LogP contribution in [0.2, 0.25) is 0 Å². The molecule has 0 aliphatic heterocycles. The highest BCUT2D eigenvalue weighted by atomic mass is 15.2. The van der Waals surface area contributed by atoms with Crippen LogP contribution in [-0.4, -0.2) is 16.3 Å². The Morgan fingerprint density at radius 3 is 3.00 bits per heavy atom. The predicted molar refractivity (Wildman–Crippen MR) is 53.0 cm³/mol. The van der Waals surface area contributed by atoms with Gasteiger partial charge in [0.15, 0.2) is 0 Å². The molecule has 0 spiro atoms. The molecule has 0 radical (unpaired) electrons. The van der Waals surface area contributed by atoms with Crippen LogP contribution in [-0.2, 0) is 7.05 Å². The first-order chi connectivity index (χ1) is 6.33. The van der Waals surface area contributed by atoms with Gasteiger partial charge in [0.2, 0.25) is 0 Å². The highest BCUT2D eigenvalue weighted by Crippen LogP contribution is 1.93. The molecule has 3 nitrogen and oxygen atoms in total. The normalized spacial score (nSPS) is 9.38. The third-order valence-electron chi connectivity index (χ3n) is 1.69. The number of hydrogen-bond donors (Lipinski definition) is 1. The Balaban J connectivity index is 2.31. The van der Waals surface area contributed by atoms with E-state index in [1.165, 1.54) is 0 Å². The minimum absolute atomic E-state index is 0.755. The van der Waals surface area contributed by atoms with Gasteiger partial charge in [-0.05, 0) is 31.4 Å². The second kappa shape index (κ2) is 5.39. The van der Waals surface area contributed by atoms with Gasteiger partial charge >= 0.3 is 0 Å². The summed E-state index contributed by atoms with van der Waals surface area (Å²) in [7, 11) is 1.89. The van der Waals surface area contributed by atoms with Gasteiger partial charge in [0.25, 0.3) is 0 Å². The van der Waals surface area contributed by atoms with E-state index < -0.39 is 0 Å². The van der Waals surface area contributed by atoms with E-state index in [4.69, 9.17) is 5.73 Å². The first kappa shape index (κ1) is 9.82.